The molecule has 7 nitrogen and oxygen atoms in total. The van der Waals surface area contributed by atoms with Crippen molar-refractivity contribution in [1.29, 1.82) is 0 Å². The first-order valence-electron chi connectivity index (χ1n) is 13.2. The highest BCUT2D eigenvalue weighted by Gasteiger charge is 2.17. The van der Waals surface area contributed by atoms with E-state index >= 15 is 0 Å². The number of amides is 1. The molecule has 3 heterocycles. The molecule has 0 unspecified atom stereocenters. The van der Waals surface area contributed by atoms with Crippen LogP contribution in [0.3, 0.4) is 0 Å². The Bertz CT molecular complexity index is 1780. The van der Waals surface area contributed by atoms with Gasteiger partial charge in [0.2, 0.25) is 0 Å². The lowest BCUT2D eigenvalue weighted by Gasteiger charge is -2.12. The molecule has 0 spiro atoms. The highest BCUT2D eigenvalue weighted by molar-refractivity contribution is 5.95. The molecule has 3 aromatic heterocycles. The lowest BCUT2D eigenvalue weighted by molar-refractivity contribution is 0.0950. The third-order valence-corrected chi connectivity index (χ3v) is 6.93. The number of aryl methyl sites for hydroxylation is 2. The van der Waals surface area contributed by atoms with E-state index in [2.05, 4.69) is 27.4 Å². The molecule has 0 bridgehead atoms. The van der Waals surface area contributed by atoms with Crippen molar-refractivity contribution in [3.8, 4) is 17.1 Å². The van der Waals surface area contributed by atoms with E-state index in [1.54, 1.807) is 12.4 Å². The fraction of sp³-hybridized carbons (Fsp3) is 0.0909. The zero-order valence-corrected chi connectivity index (χ0v) is 21.9. The van der Waals surface area contributed by atoms with Gasteiger partial charge in [-0.2, -0.15) is 0 Å². The average molecular weight is 525 g/mol. The van der Waals surface area contributed by atoms with E-state index in [4.69, 9.17) is 10.7 Å². The van der Waals surface area contributed by atoms with Crippen LogP contribution in [0.25, 0.3) is 28.2 Å². The maximum atomic E-state index is 13.1. The van der Waals surface area contributed by atoms with Crippen LogP contribution in [0.5, 0.6) is 0 Å². The van der Waals surface area contributed by atoms with E-state index in [0.29, 0.717) is 23.8 Å². The third kappa shape index (κ3) is 5.17. The van der Waals surface area contributed by atoms with Gasteiger partial charge in [-0.25, -0.2) is 15.0 Å². The van der Waals surface area contributed by atoms with E-state index in [1.807, 2.05) is 95.6 Å². The van der Waals surface area contributed by atoms with Crippen LogP contribution in [0.2, 0.25) is 0 Å². The molecule has 1 amide bonds. The van der Waals surface area contributed by atoms with Crippen molar-refractivity contribution < 1.29 is 4.79 Å². The van der Waals surface area contributed by atoms with E-state index in [9.17, 15) is 4.79 Å². The van der Waals surface area contributed by atoms with Gasteiger partial charge in [0, 0.05) is 30.2 Å². The number of anilines is 1. The molecular formula is C33H28N6O. The van der Waals surface area contributed by atoms with Gasteiger partial charge in [-0.1, -0.05) is 60.7 Å². The number of carbonyl (C=O) groups excluding carboxylic acids is 1. The summed E-state index contributed by atoms with van der Waals surface area (Å²) in [4.78, 5) is 26.7. The quantitative estimate of drug-likeness (QED) is 0.263. The molecule has 7 heteroatoms. The number of nitrogen functional groups attached to an aromatic ring is 1. The Morgan fingerprint density at radius 1 is 0.750 bits per heavy atom. The Balaban J connectivity index is 1.20. The Hall–Kier alpha value is -5.30. The van der Waals surface area contributed by atoms with Crippen LogP contribution in [-0.4, -0.2) is 25.4 Å². The molecule has 0 fully saturated rings. The van der Waals surface area contributed by atoms with Gasteiger partial charge in [-0.3, -0.25) is 9.36 Å². The molecule has 40 heavy (non-hydrogen) atoms. The molecule has 0 atom stereocenters. The van der Waals surface area contributed by atoms with E-state index in [-0.39, 0.29) is 5.91 Å². The second-order valence-corrected chi connectivity index (χ2v) is 9.55. The number of aromatic nitrogens is 4. The SMILES string of the molecule is Nc1ncccc1-c1nc2cccnc2n1-c1ccc(CNC(=O)c2ccccc2CCc2ccccc2)cc1. The third-order valence-electron chi connectivity index (χ3n) is 6.93. The summed E-state index contributed by atoms with van der Waals surface area (Å²) in [6.07, 6.45) is 5.10. The van der Waals surface area contributed by atoms with Crippen LogP contribution < -0.4 is 11.1 Å². The molecule has 196 valence electrons. The fourth-order valence-corrected chi connectivity index (χ4v) is 4.87. The first-order valence-corrected chi connectivity index (χ1v) is 13.2. The van der Waals surface area contributed by atoms with Gasteiger partial charge >= 0.3 is 0 Å². The molecular weight excluding hydrogens is 496 g/mol. The minimum Gasteiger partial charge on any atom is -0.383 e. The number of rotatable bonds is 8. The van der Waals surface area contributed by atoms with Crippen LogP contribution in [-0.2, 0) is 19.4 Å². The number of nitrogens with zero attached hydrogens (tertiary/aromatic N) is 4. The molecule has 0 aliphatic heterocycles. The summed E-state index contributed by atoms with van der Waals surface area (Å²) in [5, 5.41) is 3.09. The number of nitrogens with two attached hydrogens (primary N) is 1. The van der Waals surface area contributed by atoms with Crippen LogP contribution in [0.15, 0.2) is 116 Å². The van der Waals surface area contributed by atoms with Crippen molar-refractivity contribution in [1.82, 2.24) is 24.8 Å². The summed E-state index contributed by atoms with van der Waals surface area (Å²) in [6.45, 7) is 0.414. The average Bonchev–Trinajstić information content (AvgIpc) is 3.39. The number of pyridine rings is 2. The molecule has 0 saturated heterocycles. The molecule has 0 aliphatic rings. The van der Waals surface area contributed by atoms with Crippen molar-refractivity contribution in [3.05, 3.63) is 138 Å². The van der Waals surface area contributed by atoms with E-state index in [1.165, 1.54) is 5.56 Å². The first-order chi connectivity index (χ1) is 19.7. The minimum absolute atomic E-state index is 0.0770. The lowest BCUT2D eigenvalue weighted by Crippen LogP contribution is -2.24. The van der Waals surface area contributed by atoms with Gasteiger partial charge in [-0.15, -0.1) is 0 Å². The molecule has 3 N–H and O–H groups in total. The summed E-state index contributed by atoms with van der Waals surface area (Å²) in [7, 11) is 0. The number of benzene rings is 3. The normalized spacial score (nSPS) is 11.0. The van der Waals surface area contributed by atoms with E-state index in [0.717, 1.165) is 46.4 Å². The number of imidazole rings is 1. The second-order valence-electron chi connectivity index (χ2n) is 9.55. The predicted octanol–water partition coefficient (Wildman–Crippen LogP) is 5.78. The Morgan fingerprint density at radius 2 is 1.50 bits per heavy atom. The maximum Gasteiger partial charge on any atom is 0.251 e. The number of hydrogen-bond acceptors (Lipinski definition) is 5. The summed E-state index contributed by atoms with van der Waals surface area (Å²) in [5.41, 5.74) is 13.3. The molecule has 0 radical (unpaired) electrons. The van der Waals surface area contributed by atoms with Crippen molar-refractivity contribution in [2.45, 2.75) is 19.4 Å². The number of carbonyl (C=O) groups is 1. The van der Waals surface area contributed by atoms with Crippen molar-refractivity contribution >= 4 is 22.9 Å². The van der Waals surface area contributed by atoms with Gasteiger partial charge in [0.1, 0.15) is 11.3 Å². The largest absolute Gasteiger partial charge is 0.383 e. The molecule has 3 aromatic carbocycles. The summed E-state index contributed by atoms with van der Waals surface area (Å²) in [5.74, 6) is 1.00. The Labute approximate surface area is 232 Å². The molecule has 0 aliphatic carbocycles. The van der Waals surface area contributed by atoms with Gasteiger partial charge in [0.15, 0.2) is 11.5 Å². The summed E-state index contributed by atoms with van der Waals surface area (Å²) >= 11 is 0. The smallest absolute Gasteiger partial charge is 0.251 e. The number of nitrogens with one attached hydrogen (secondary N) is 1. The number of fused-ring (bicyclic) bond motifs is 1. The van der Waals surface area contributed by atoms with Gasteiger partial charge in [-0.05, 0) is 72.0 Å². The first kappa shape index (κ1) is 25.0. The Morgan fingerprint density at radius 3 is 2.33 bits per heavy atom. The summed E-state index contributed by atoms with van der Waals surface area (Å²) < 4.78 is 1.98. The lowest BCUT2D eigenvalue weighted by atomic mass is 9.99. The van der Waals surface area contributed by atoms with E-state index < -0.39 is 0 Å². The van der Waals surface area contributed by atoms with Crippen molar-refractivity contribution in [2.75, 3.05) is 5.73 Å². The van der Waals surface area contributed by atoms with Crippen LogP contribution in [0.4, 0.5) is 5.82 Å². The molecule has 6 aromatic rings. The van der Waals surface area contributed by atoms with Gasteiger partial charge in [0.25, 0.3) is 5.91 Å². The summed E-state index contributed by atoms with van der Waals surface area (Å²) in [6, 6.07) is 33.7. The Kier molecular flexibility index (Phi) is 7.01. The number of hydrogen-bond donors (Lipinski definition) is 2. The predicted molar refractivity (Wildman–Crippen MR) is 158 cm³/mol. The van der Waals surface area contributed by atoms with Crippen molar-refractivity contribution in [2.24, 2.45) is 0 Å². The van der Waals surface area contributed by atoms with Crippen LogP contribution >= 0.6 is 0 Å². The molecule has 0 saturated carbocycles. The minimum atomic E-state index is -0.0770. The molecule has 6 rings (SSSR count). The standard InChI is InChI=1S/C33H28N6O/c34-30-28(12-6-20-35-30)31-38-29-13-7-21-36-32(29)39(31)26-18-15-24(16-19-26)22-37-33(40)27-11-5-4-10-25(27)17-14-23-8-2-1-3-9-23/h1-13,15-16,18-21H,14,17,22H2,(H2,34,35)(H,37,40). The topological polar surface area (TPSA) is 98.7 Å². The van der Waals surface area contributed by atoms with Crippen LogP contribution in [0.1, 0.15) is 27.0 Å². The highest BCUT2D eigenvalue weighted by atomic mass is 16.1. The van der Waals surface area contributed by atoms with Gasteiger partial charge < -0.3 is 11.1 Å². The fourth-order valence-electron chi connectivity index (χ4n) is 4.87. The maximum absolute atomic E-state index is 13.1. The zero-order chi connectivity index (χ0) is 27.3. The second kappa shape index (κ2) is 11.2. The van der Waals surface area contributed by atoms with Crippen molar-refractivity contribution in [3.63, 3.8) is 0 Å². The highest BCUT2D eigenvalue weighted by Crippen LogP contribution is 2.30. The van der Waals surface area contributed by atoms with Crippen LogP contribution in [0, 0.1) is 0 Å². The van der Waals surface area contributed by atoms with Gasteiger partial charge in [0.05, 0.1) is 5.56 Å². The monoisotopic (exact) mass is 524 g/mol. The zero-order valence-electron chi connectivity index (χ0n) is 21.9.